The number of ether oxygens (including phenoxy) is 2. The van der Waals surface area contributed by atoms with E-state index in [2.05, 4.69) is 4.90 Å². The van der Waals surface area contributed by atoms with Gasteiger partial charge >= 0.3 is 0 Å². The van der Waals surface area contributed by atoms with Crippen molar-refractivity contribution in [1.82, 2.24) is 9.29 Å². The summed E-state index contributed by atoms with van der Waals surface area (Å²) in [7, 11) is -0.377. The molecule has 1 aliphatic rings. The molecular weight excluding hydrogens is 470 g/mol. The number of benzene rings is 2. The second-order valence-corrected chi connectivity index (χ2v) is 10.5. The van der Waals surface area contributed by atoms with Gasteiger partial charge in [0.25, 0.3) is 0 Å². The van der Waals surface area contributed by atoms with Gasteiger partial charge in [-0.1, -0.05) is 29.8 Å². The third kappa shape index (κ3) is 4.71. The first-order valence-electron chi connectivity index (χ1n) is 10.1. The first-order valence-corrected chi connectivity index (χ1v) is 12.8. The summed E-state index contributed by atoms with van der Waals surface area (Å²) in [6.07, 6.45) is 0.678. The van der Waals surface area contributed by atoms with Gasteiger partial charge in [-0.05, 0) is 29.8 Å². The second kappa shape index (κ2) is 9.66. The van der Waals surface area contributed by atoms with Gasteiger partial charge in [-0.2, -0.15) is 4.31 Å². The first-order chi connectivity index (χ1) is 15.4. The van der Waals surface area contributed by atoms with Crippen molar-refractivity contribution in [3.8, 4) is 11.5 Å². The molecule has 10 heteroatoms. The number of nitrogens with zero attached hydrogens (tertiary/aromatic N) is 3. The van der Waals surface area contributed by atoms with Crippen molar-refractivity contribution in [2.75, 3.05) is 45.3 Å². The molecule has 1 aromatic heterocycles. The van der Waals surface area contributed by atoms with Gasteiger partial charge in [-0.15, -0.1) is 11.3 Å². The second-order valence-electron chi connectivity index (χ2n) is 7.31. The average Bonchev–Trinajstić information content (AvgIpc) is 3.27. The highest BCUT2D eigenvalue weighted by Crippen LogP contribution is 2.30. The van der Waals surface area contributed by atoms with Gasteiger partial charge in [0.1, 0.15) is 4.90 Å². The lowest BCUT2D eigenvalue weighted by molar-refractivity contribution is 0.354. The summed E-state index contributed by atoms with van der Waals surface area (Å²) in [5.74, 6) is 1.39. The molecule has 7 nitrogen and oxygen atoms in total. The van der Waals surface area contributed by atoms with Crippen LogP contribution in [0, 0.1) is 0 Å². The van der Waals surface area contributed by atoms with Crippen molar-refractivity contribution in [2.24, 2.45) is 0 Å². The molecule has 0 bridgehead atoms. The number of halogens is 1. The Balaban J connectivity index is 1.41. The predicted molar refractivity (Wildman–Crippen MR) is 127 cm³/mol. The van der Waals surface area contributed by atoms with Crippen LogP contribution in [0.3, 0.4) is 0 Å². The number of aromatic nitrogens is 1. The Labute approximate surface area is 197 Å². The molecule has 0 amide bonds. The number of thiazole rings is 1. The third-order valence-corrected chi connectivity index (χ3v) is 8.69. The highest BCUT2D eigenvalue weighted by atomic mass is 35.5. The van der Waals surface area contributed by atoms with Crippen molar-refractivity contribution < 1.29 is 17.9 Å². The van der Waals surface area contributed by atoms with Gasteiger partial charge in [-0.3, -0.25) is 0 Å². The average molecular weight is 494 g/mol. The van der Waals surface area contributed by atoms with Crippen LogP contribution in [-0.2, 0) is 16.4 Å². The zero-order valence-corrected chi connectivity index (χ0v) is 20.2. The highest BCUT2D eigenvalue weighted by Gasteiger charge is 2.30. The molecule has 2 aromatic carbocycles. The summed E-state index contributed by atoms with van der Waals surface area (Å²) in [5.41, 5.74) is 2.04. The van der Waals surface area contributed by atoms with Crippen LogP contribution in [-0.4, -0.2) is 58.1 Å². The first kappa shape index (κ1) is 22.8. The number of hydrogen-bond acceptors (Lipinski definition) is 7. The molecular formula is C22H24ClN3O4S2. The van der Waals surface area contributed by atoms with Crippen molar-refractivity contribution >= 4 is 38.1 Å². The Kier molecular flexibility index (Phi) is 6.90. The fourth-order valence-corrected chi connectivity index (χ4v) is 6.43. The summed E-state index contributed by atoms with van der Waals surface area (Å²) in [6.45, 7) is 1.93. The molecule has 2 heterocycles. The van der Waals surface area contributed by atoms with Crippen molar-refractivity contribution in [3.05, 3.63) is 64.1 Å². The maximum atomic E-state index is 12.9. The smallest absolute Gasteiger partial charge is 0.244 e. The van der Waals surface area contributed by atoms with Gasteiger partial charge in [-0.25, -0.2) is 13.4 Å². The molecule has 32 heavy (non-hydrogen) atoms. The summed E-state index contributed by atoms with van der Waals surface area (Å²) in [5, 5.41) is 3.18. The molecule has 4 rings (SSSR count). The van der Waals surface area contributed by atoms with Gasteiger partial charge < -0.3 is 14.4 Å². The molecule has 1 saturated heterocycles. The summed E-state index contributed by atoms with van der Waals surface area (Å²) in [4.78, 5) is 7.05. The summed E-state index contributed by atoms with van der Waals surface area (Å²) in [6, 6.07) is 12.4. The van der Waals surface area contributed by atoms with Crippen LogP contribution in [0.5, 0.6) is 11.5 Å². The fraction of sp³-hybridized carbons (Fsp3) is 0.318. The monoisotopic (exact) mass is 493 g/mol. The van der Waals surface area contributed by atoms with E-state index < -0.39 is 10.0 Å². The Bertz CT molecular complexity index is 1190. The van der Waals surface area contributed by atoms with Crippen LogP contribution in [0.4, 0.5) is 5.13 Å². The number of anilines is 1. The van der Waals surface area contributed by atoms with Gasteiger partial charge in [0.05, 0.1) is 24.9 Å². The van der Waals surface area contributed by atoms with Crippen LogP contribution in [0.15, 0.2) is 52.7 Å². The fourth-order valence-electron chi connectivity index (χ4n) is 3.64. The van der Waals surface area contributed by atoms with E-state index in [0.29, 0.717) is 44.1 Å². The van der Waals surface area contributed by atoms with E-state index in [-0.39, 0.29) is 9.92 Å². The van der Waals surface area contributed by atoms with E-state index in [0.717, 1.165) is 16.4 Å². The summed E-state index contributed by atoms with van der Waals surface area (Å²) < 4.78 is 38.1. The zero-order valence-electron chi connectivity index (χ0n) is 17.8. The maximum absolute atomic E-state index is 12.9. The lowest BCUT2D eigenvalue weighted by Crippen LogP contribution is -2.48. The van der Waals surface area contributed by atoms with Crippen molar-refractivity contribution in [3.63, 3.8) is 0 Å². The number of methoxy groups -OCH3 is 2. The zero-order chi connectivity index (χ0) is 22.7. The largest absolute Gasteiger partial charge is 0.493 e. The van der Waals surface area contributed by atoms with E-state index in [4.69, 9.17) is 26.1 Å². The summed E-state index contributed by atoms with van der Waals surface area (Å²) >= 11 is 7.69. The van der Waals surface area contributed by atoms with Crippen LogP contribution in [0.2, 0.25) is 5.02 Å². The van der Waals surface area contributed by atoms with E-state index in [1.54, 1.807) is 49.8 Å². The molecule has 0 atom stereocenters. The minimum Gasteiger partial charge on any atom is -0.493 e. The number of hydrogen-bond donors (Lipinski definition) is 0. The van der Waals surface area contributed by atoms with Gasteiger partial charge in [0.15, 0.2) is 16.6 Å². The normalized spacial score (nSPS) is 15.0. The Morgan fingerprint density at radius 1 is 1.03 bits per heavy atom. The topological polar surface area (TPSA) is 72.0 Å². The molecule has 170 valence electrons. The van der Waals surface area contributed by atoms with Crippen LogP contribution < -0.4 is 14.4 Å². The van der Waals surface area contributed by atoms with E-state index in [1.807, 2.05) is 23.6 Å². The molecule has 0 N–H and O–H groups in total. The Morgan fingerprint density at radius 2 is 1.75 bits per heavy atom. The number of rotatable bonds is 7. The lowest BCUT2D eigenvalue weighted by atomic mass is 10.1. The molecule has 0 spiro atoms. The van der Waals surface area contributed by atoms with Crippen LogP contribution in [0.25, 0.3) is 0 Å². The van der Waals surface area contributed by atoms with Crippen molar-refractivity contribution in [2.45, 2.75) is 11.3 Å². The molecule has 0 aliphatic carbocycles. The molecule has 0 saturated carbocycles. The molecule has 0 unspecified atom stereocenters. The number of piperazine rings is 1. The molecule has 1 aliphatic heterocycles. The van der Waals surface area contributed by atoms with Crippen LogP contribution >= 0.6 is 22.9 Å². The van der Waals surface area contributed by atoms with E-state index >= 15 is 0 Å². The molecule has 0 radical (unpaired) electrons. The standard InChI is InChI=1S/C22H24ClN3O4S2/c1-29-19-8-7-16(14-20(19)30-2)13-17-15-31-22(24-17)25-9-11-26(12-10-25)32(27,28)21-6-4-3-5-18(21)23/h3-8,14-15H,9-13H2,1-2H3. The predicted octanol–water partition coefficient (Wildman–Crippen LogP) is 3.92. The quantitative estimate of drug-likeness (QED) is 0.497. The van der Waals surface area contributed by atoms with Crippen LogP contribution in [0.1, 0.15) is 11.3 Å². The third-order valence-electron chi connectivity index (χ3n) is 5.34. The highest BCUT2D eigenvalue weighted by molar-refractivity contribution is 7.89. The van der Waals surface area contributed by atoms with Crippen molar-refractivity contribution in [1.29, 1.82) is 0 Å². The van der Waals surface area contributed by atoms with Gasteiger partial charge in [0.2, 0.25) is 10.0 Å². The minimum absolute atomic E-state index is 0.154. The molecule has 3 aromatic rings. The van der Waals surface area contributed by atoms with E-state index in [9.17, 15) is 8.42 Å². The molecule has 1 fully saturated rings. The van der Waals surface area contributed by atoms with E-state index in [1.165, 1.54) is 4.31 Å². The Morgan fingerprint density at radius 3 is 2.44 bits per heavy atom. The lowest BCUT2D eigenvalue weighted by Gasteiger charge is -2.33. The number of sulfonamides is 1. The minimum atomic E-state index is -3.61. The van der Waals surface area contributed by atoms with Gasteiger partial charge in [0, 0.05) is 38.0 Å². The SMILES string of the molecule is COc1ccc(Cc2csc(N3CCN(S(=O)(=O)c4ccccc4Cl)CC3)n2)cc1OC. The Hall–Kier alpha value is -2.33. The maximum Gasteiger partial charge on any atom is 0.244 e.